The van der Waals surface area contributed by atoms with Gasteiger partial charge in [0.25, 0.3) is 0 Å². The monoisotopic (exact) mass is 290 g/mol. The SMILES string of the molecule is COc1ccc2c(c1)sc1nnc(CCCCCN)n12. The lowest BCUT2D eigenvalue weighted by Crippen LogP contribution is -1.99. The summed E-state index contributed by atoms with van der Waals surface area (Å²) in [5.74, 6) is 1.91. The van der Waals surface area contributed by atoms with Crippen LogP contribution < -0.4 is 10.5 Å². The largest absolute Gasteiger partial charge is 0.497 e. The molecule has 0 saturated carbocycles. The summed E-state index contributed by atoms with van der Waals surface area (Å²) in [6.45, 7) is 0.760. The number of nitrogens with two attached hydrogens (primary N) is 1. The van der Waals surface area contributed by atoms with Gasteiger partial charge in [-0.15, -0.1) is 10.2 Å². The molecule has 0 atom stereocenters. The van der Waals surface area contributed by atoms with E-state index in [1.54, 1.807) is 18.4 Å². The maximum absolute atomic E-state index is 5.52. The van der Waals surface area contributed by atoms with Crippen LogP contribution in [0.5, 0.6) is 5.75 Å². The average Bonchev–Trinajstić information content (AvgIpc) is 3.02. The first-order valence-electron chi connectivity index (χ1n) is 6.84. The summed E-state index contributed by atoms with van der Waals surface area (Å²) in [7, 11) is 1.68. The summed E-state index contributed by atoms with van der Waals surface area (Å²) in [5, 5.41) is 8.58. The van der Waals surface area contributed by atoms with Crippen molar-refractivity contribution in [1.82, 2.24) is 14.6 Å². The highest BCUT2D eigenvalue weighted by Gasteiger charge is 2.12. The minimum absolute atomic E-state index is 0.760. The first kappa shape index (κ1) is 13.3. The third-order valence-electron chi connectivity index (χ3n) is 3.41. The van der Waals surface area contributed by atoms with Crippen LogP contribution in [0.25, 0.3) is 15.2 Å². The van der Waals surface area contributed by atoms with Gasteiger partial charge in [0.05, 0.1) is 17.3 Å². The quantitative estimate of drug-likeness (QED) is 0.709. The summed E-state index contributed by atoms with van der Waals surface area (Å²) in [5.41, 5.74) is 6.68. The van der Waals surface area contributed by atoms with Crippen LogP contribution in [-0.4, -0.2) is 28.3 Å². The van der Waals surface area contributed by atoms with E-state index < -0.39 is 0 Å². The summed E-state index contributed by atoms with van der Waals surface area (Å²) in [4.78, 5) is 0.946. The maximum Gasteiger partial charge on any atom is 0.217 e. The predicted molar refractivity (Wildman–Crippen MR) is 81.5 cm³/mol. The van der Waals surface area contributed by atoms with E-state index in [-0.39, 0.29) is 0 Å². The van der Waals surface area contributed by atoms with Crippen molar-refractivity contribution < 1.29 is 4.74 Å². The standard InChI is InChI=1S/C14H18N4OS/c1-19-10-6-7-11-12(9-10)20-14-17-16-13(18(11)14)5-3-2-4-8-15/h6-7,9H,2-5,8,15H2,1H3. The second kappa shape index (κ2) is 5.76. The van der Waals surface area contributed by atoms with Gasteiger partial charge in [-0.2, -0.15) is 0 Å². The Balaban J connectivity index is 1.93. The van der Waals surface area contributed by atoms with Crippen molar-refractivity contribution in [2.45, 2.75) is 25.7 Å². The van der Waals surface area contributed by atoms with Gasteiger partial charge in [-0.05, 0) is 37.6 Å². The number of methoxy groups -OCH3 is 1. The highest BCUT2D eigenvalue weighted by atomic mass is 32.1. The van der Waals surface area contributed by atoms with E-state index in [1.165, 1.54) is 4.70 Å². The smallest absolute Gasteiger partial charge is 0.217 e. The molecule has 20 heavy (non-hydrogen) atoms. The third-order valence-corrected chi connectivity index (χ3v) is 4.41. The molecule has 0 bridgehead atoms. The number of aryl methyl sites for hydroxylation is 1. The Morgan fingerprint density at radius 3 is 2.95 bits per heavy atom. The molecular weight excluding hydrogens is 272 g/mol. The molecule has 2 heterocycles. The number of ether oxygens (including phenoxy) is 1. The van der Waals surface area contributed by atoms with Gasteiger partial charge in [-0.25, -0.2) is 0 Å². The Kier molecular flexibility index (Phi) is 3.84. The van der Waals surface area contributed by atoms with Gasteiger partial charge in [0.2, 0.25) is 4.96 Å². The van der Waals surface area contributed by atoms with Crippen LogP contribution in [0, 0.1) is 0 Å². The number of hydrogen-bond acceptors (Lipinski definition) is 5. The second-order valence-electron chi connectivity index (χ2n) is 4.77. The topological polar surface area (TPSA) is 65.4 Å². The van der Waals surface area contributed by atoms with Crippen molar-refractivity contribution in [3.63, 3.8) is 0 Å². The fourth-order valence-corrected chi connectivity index (χ4v) is 3.37. The van der Waals surface area contributed by atoms with E-state index in [0.717, 1.165) is 54.3 Å². The molecule has 2 N–H and O–H groups in total. The Morgan fingerprint density at radius 2 is 2.15 bits per heavy atom. The van der Waals surface area contributed by atoms with Gasteiger partial charge in [0.15, 0.2) is 0 Å². The second-order valence-corrected chi connectivity index (χ2v) is 5.78. The van der Waals surface area contributed by atoms with Gasteiger partial charge in [-0.3, -0.25) is 4.40 Å². The molecule has 0 amide bonds. The molecule has 0 aliphatic carbocycles. The summed E-state index contributed by atoms with van der Waals surface area (Å²) >= 11 is 1.65. The summed E-state index contributed by atoms with van der Waals surface area (Å²) < 4.78 is 8.60. The van der Waals surface area contributed by atoms with Crippen LogP contribution in [0.15, 0.2) is 18.2 Å². The van der Waals surface area contributed by atoms with Crippen LogP contribution in [-0.2, 0) is 6.42 Å². The maximum atomic E-state index is 5.52. The summed E-state index contributed by atoms with van der Waals surface area (Å²) in [6.07, 6.45) is 4.26. The third kappa shape index (κ3) is 2.36. The molecule has 3 aromatic rings. The number of fused-ring (bicyclic) bond motifs is 3. The minimum atomic E-state index is 0.760. The fraction of sp³-hybridized carbons (Fsp3) is 0.429. The van der Waals surface area contributed by atoms with E-state index in [0.29, 0.717) is 0 Å². The molecule has 0 saturated heterocycles. The van der Waals surface area contributed by atoms with E-state index in [9.17, 15) is 0 Å². The molecule has 106 valence electrons. The number of unbranched alkanes of at least 4 members (excludes halogenated alkanes) is 2. The molecule has 0 fully saturated rings. The van der Waals surface area contributed by atoms with Gasteiger partial charge >= 0.3 is 0 Å². The Hall–Kier alpha value is -1.66. The molecule has 6 heteroatoms. The van der Waals surface area contributed by atoms with Crippen molar-refractivity contribution in [3.8, 4) is 5.75 Å². The molecule has 5 nitrogen and oxygen atoms in total. The Morgan fingerprint density at radius 1 is 1.25 bits per heavy atom. The van der Waals surface area contributed by atoms with E-state index in [4.69, 9.17) is 10.5 Å². The number of aromatic nitrogens is 3. The van der Waals surface area contributed by atoms with Crippen LogP contribution in [0.3, 0.4) is 0 Å². The normalized spacial score (nSPS) is 11.5. The fourth-order valence-electron chi connectivity index (χ4n) is 2.36. The van der Waals surface area contributed by atoms with Crippen molar-refractivity contribution in [3.05, 3.63) is 24.0 Å². The first-order valence-corrected chi connectivity index (χ1v) is 7.65. The molecular formula is C14H18N4OS. The molecule has 1 aromatic carbocycles. The van der Waals surface area contributed by atoms with E-state index >= 15 is 0 Å². The van der Waals surface area contributed by atoms with Gasteiger partial charge in [0, 0.05) is 6.42 Å². The van der Waals surface area contributed by atoms with Crippen molar-refractivity contribution in [2.75, 3.05) is 13.7 Å². The molecule has 2 aromatic heterocycles. The zero-order valence-electron chi connectivity index (χ0n) is 11.5. The predicted octanol–water partition coefficient (Wildman–Crippen LogP) is 2.62. The minimum Gasteiger partial charge on any atom is -0.497 e. The van der Waals surface area contributed by atoms with Gasteiger partial charge in [-0.1, -0.05) is 17.8 Å². The number of hydrogen-bond donors (Lipinski definition) is 1. The molecule has 0 unspecified atom stereocenters. The van der Waals surface area contributed by atoms with Crippen molar-refractivity contribution in [2.24, 2.45) is 5.73 Å². The molecule has 0 aliphatic heterocycles. The zero-order valence-corrected chi connectivity index (χ0v) is 12.3. The van der Waals surface area contributed by atoms with Gasteiger partial charge < -0.3 is 10.5 Å². The summed E-state index contributed by atoms with van der Waals surface area (Å²) in [6, 6.07) is 6.10. The molecule has 0 radical (unpaired) electrons. The van der Waals surface area contributed by atoms with Crippen LogP contribution in [0.1, 0.15) is 25.1 Å². The number of rotatable bonds is 6. The van der Waals surface area contributed by atoms with Crippen molar-refractivity contribution in [1.29, 1.82) is 0 Å². The van der Waals surface area contributed by atoms with Crippen LogP contribution >= 0.6 is 11.3 Å². The highest BCUT2D eigenvalue weighted by Crippen LogP contribution is 2.29. The molecule has 0 spiro atoms. The van der Waals surface area contributed by atoms with E-state index in [1.807, 2.05) is 12.1 Å². The average molecular weight is 290 g/mol. The molecule has 3 rings (SSSR count). The van der Waals surface area contributed by atoms with Gasteiger partial charge in [0.1, 0.15) is 11.6 Å². The first-order chi connectivity index (χ1) is 9.83. The number of benzene rings is 1. The number of thiazole rings is 1. The lowest BCUT2D eigenvalue weighted by Gasteiger charge is -2.01. The highest BCUT2D eigenvalue weighted by molar-refractivity contribution is 7.23. The Labute approximate surface area is 121 Å². The van der Waals surface area contributed by atoms with Crippen LogP contribution in [0.2, 0.25) is 0 Å². The van der Waals surface area contributed by atoms with Crippen LogP contribution in [0.4, 0.5) is 0 Å². The van der Waals surface area contributed by atoms with E-state index in [2.05, 4.69) is 20.7 Å². The molecule has 0 aliphatic rings. The number of nitrogens with zero attached hydrogens (tertiary/aromatic N) is 3. The lowest BCUT2D eigenvalue weighted by molar-refractivity contribution is 0.415. The zero-order chi connectivity index (χ0) is 13.9. The Bertz CT molecular complexity index is 718. The lowest BCUT2D eigenvalue weighted by atomic mass is 10.2. The van der Waals surface area contributed by atoms with Crippen molar-refractivity contribution >= 4 is 26.5 Å².